The fourth-order valence-corrected chi connectivity index (χ4v) is 2.80. The molecule has 1 aromatic heterocycles. The number of rotatable bonds is 9. The quantitative estimate of drug-likeness (QED) is 0.303. The molecule has 1 heterocycles. The van der Waals surface area contributed by atoms with Gasteiger partial charge in [0.25, 0.3) is 0 Å². The molecule has 0 aromatic carbocycles. The third-order valence-corrected chi connectivity index (χ3v) is 3.69. The van der Waals surface area contributed by atoms with Crippen LogP contribution in [0.25, 0.3) is 5.57 Å². The molecule has 0 saturated heterocycles. The molecule has 1 rings (SSSR count). The van der Waals surface area contributed by atoms with Crippen molar-refractivity contribution in [1.82, 2.24) is 4.98 Å². The van der Waals surface area contributed by atoms with Crippen LogP contribution >= 0.6 is 11.8 Å². The van der Waals surface area contributed by atoms with Gasteiger partial charge < -0.3 is 9.47 Å². The van der Waals surface area contributed by atoms with E-state index in [2.05, 4.69) is 11.6 Å². The molecule has 0 bridgehead atoms. The molecule has 4 nitrogen and oxygen atoms in total. The van der Waals surface area contributed by atoms with Crippen molar-refractivity contribution in [2.75, 3.05) is 26.1 Å². The summed E-state index contributed by atoms with van der Waals surface area (Å²) in [5, 5.41) is 0. The molecule has 21 heavy (non-hydrogen) atoms. The van der Waals surface area contributed by atoms with Gasteiger partial charge in [-0.25, -0.2) is 4.79 Å². The highest BCUT2D eigenvalue weighted by atomic mass is 32.2. The normalized spacial score (nSPS) is 11.7. The second-order valence-corrected chi connectivity index (χ2v) is 5.28. The first-order chi connectivity index (χ1) is 10.2. The zero-order chi connectivity index (χ0) is 15.5. The highest BCUT2D eigenvalue weighted by Crippen LogP contribution is 2.30. The number of carbonyl (C=O) groups is 1. The average Bonchev–Trinajstić information content (AvgIpc) is 2.49. The van der Waals surface area contributed by atoms with Gasteiger partial charge in [-0.2, -0.15) is 0 Å². The minimum atomic E-state index is -0.327. The first-order valence-corrected chi connectivity index (χ1v) is 7.76. The number of allylic oxidation sites excluding steroid dienone is 2. The number of ether oxygens (including phenoxy) is 2. The van der Waals surface area contributed by atoms with Crippen molar-refractivity contribution in [2.45, 2.75) is 13.3 Å². The summed E-state index contributed by atoms with van der Waals surface area (Å²) in [6.45, 7) is 6.52. The largest absolute Gasteiger partial charge is 0.462 e. The molecule has 0 aliphatic heterocycles. The van der Waals surface area contributed by atoms with E-state index in [0.29, 0.717) is 25.2 Å². The summed E-state index contributed by atoms with van der Waals surface area (Å²) in [4.78, 5) is 17.3. The van der Waals surface area contributed by atoms with E-state index in [9.17, 15) is 4.79 Å². The van der Waals surface area contributed by atoms with Crippen LogP contribution in [0.4, 0.5) is 0 Å². The van der Waals surface area contributed by atoms with Crippen LogP contribution in [0.3, 0.4) is 0 Å². The number of esters is 1. The number of thioether (sulfide) groups is 1. The van der Waals surface area contributed by atoms with Gasteiger partial charge in [0.05, 0.1) is 18.8 Å². The number of pyridine rings is 1. The predicted octanol–water partition coefficient (Wildman–Crippen LogP) is 3.31. The van der Waals surface area contributed by atoms with E-state index in [1.807, 2.05) is 6.07 Å². The van der Waals surface area contributed by atoms with Crippen LogP contribution in [0.2, 0.25) is 0 Å². The van der Waals surface area contributed by atoms with Gasteiger partial charge in [-0.05, 0) is 19.4 Å². The van der Waals surface area contributed by atoms with Crippen molar-refractivity contribution in [2.24, 2.45) is 0 Å². The van der Waals surface area contributed by atoms with E-state index in [1.54, 1.807) is 50.3 Å². The molecule has 114 valence electrons. The number of aromatic nitrogens is 1. The van der Waals surface area contributed by atoms with Crippen molar-refractivity contribution in [3.63, 3.8) is 0 Å². The Kier molecular flexibility index (Phi) is 8.47. The number of nitrogens with zero attached hydrogens (tertiary/aromatic N) is 1. The fourth-order valence-electron chi connectivity index (χ4n) is 1.72. The summed E-state index contributed by atoms with van der Waals surface area (Å²) >= 11 is 1.58. The Bertz CT molecular complexity index is 486. The van der Waals surface area contributed by atoms with E-state index >= 15 is 0 Å². The Morgan fingerprint density at radius 1 is 1.52 bits per heavy atom. The molecule has 0 amide bonds. The van der Waals surface area contributed by atoms with Gasteiger partial charge in [-0.1, -0.05) is 12.1 Å². The van der Waals surface area contributed by atoms with E-state index in [1.165, 1.54) is 0 Å². The SMILES string of the molecule is C=CCC(SCCOC)=C(C(=O)OCC)c1cccnc1. The molecule has 0 spiro atoms. The Hall–Kier alpha value is -1.59. The van der Waals surface area contributed by atoms with Crippen LogP contribution in [-0.2, 0) is 14.3 Å². The number of hydrogen-bond donors (Lipinski definition) is 0. The van der Waals surface area contributed by atoms with Gasteiger partial charge in [0, 0.05) is 35.7 Å². The van der Waals surface area contributed by atoms with Gasteiger partial charge in [0.1, 0.15) is 0 Å². The van der Waals surface area contributed by atoms with Crippen LogP contribution in [-0.4, -0.2) is 37.0 Å². The number of methoxy groups -OCH3 is 1. The maximum atomic E-state index is 12.3. The summed E-state index contributed by atoms with van der Waals surface area (Å²) in [5.41, 5.74) is 1.32. The van der Waals surface area contributed by atoms with Crippen LogP contribution in [0, 0.1) is 0 Å². The molecule has 0 aliphatic rings. The molecular formula is C16H21NO3S. The lowest BCUT2D eigenvalue weighted by atomic mass is 10.1. The summed E-state index contributed by atoms with van der Waals surface area (Å²) < 4.78 is 10.3. The zero-order valence-electron chi connectivity index (χ0n) is 12.5. The number of hydrogen-bond acceptors (Lipinski definition) is 5. The molecule has 0 N–H and O–H groups in total. The van der Waals surface area contributed by atoms with Gasteiger partial charge in [0.2, 0.25) is 0 Å². The Balaban J connectivity index is 3.17. The Morgan fingerprint density at radius 2 is 2.33 bits per heavy atom. The van der Waals surface area contributed by atoms with Gasteiger partial charge in [-0.15, -0.1) is 18.3 Å². The lowest BCUT2D eigenvalue weighted by Gasteiger charge is -2.13. The molecule has 5 heteroatoms. The molecule has 1 aromatic rings. The summed E-state index contributed by atoms with van der Waals surface area (Å²) in [5.74, 6) is 0.440. The van der Waals surface area contributed by atoms with Gasteiger partial charge in [0.15, 0.2) is 0 Å². The van der Waals surface area contributed by atoms with Crippen LogP contribution in [0.1, 0.15) is 18.9 Å². The lowest BCUT2D eigenvalue weighted by Crippen LogP contribution is -2.09. The first kappa shape index (κ1) is 17.5. The molecule has 0 saturated carbocycles. The van der Waals surface area contributed by atoms with E-state index in [-0.39, 0.29) is 5.97 Å². The monoisotopic (exact) mass is 307 g/mol. The average molecular weight is 307 g/mol. The van der Waals surface area contributed by atoms with E-state index < -0.39 is 0 Å². The highest BCUT2D eigenvalue weighted by Gasteiger charge is 2.18. The summed E-state index contributed by atoms with van der Waals surface area (Å²) in [6, 6.07) is 3.67. The lowest BCUT2D eigenvalue weighted by molar-refractivity contribution is -0.136. The fraction of sp³-hybridized carbons (Fsp3) is 0.375. The molecule has 0 fully saturated rings. The van der Waals surface area contributed by atoms with E-state index in [0.717, 1.165) is 16.2 Å². The Labute approximate surface area is 130 Å². The van der Waals surface area contributed by atoms with Gasteiger partial charge >= 0.3 is 5.97 Å². The van der Waals surface area contributed by atoms with Crippen molar-refractivity contribution in [1.29, 1.82) is 0 Å². The highest BCUT2D eigenvalue weighted by molar-refractivity contribution is 8.03. The zero-order valence-corrected chi connectivity index (χ0v) is 13.3. The second kappa shape index (κ2) is 10.2. The molecular weight excluding hydrogens is 286 g/mol. The van der Waals surface area contributed by atoms with Crippen molar-refractivity contribution >= 4 is 23.3 Å². The molecule has 0 atom stereocenters. The van der Waals surface area contributed by atoms with Gasteiger partial charge in [-0.3, -0.25) is 4.98 Å². The van der Waals surface area contributed by atoms with Crippen molar-refractivity contribution < 1.29 is 14.3 Å². The maximum Gasteiger partial charge on any atom is 0.339 e. The standard InChI is InChI=1S/C16H21NO3S/c1-4-7-14(21-11-10-19-3)15(16(18)20-5-2)13-8-6-9-17-12-13/h4,6,8-9,12H,1,5,7,10-11H2,2-3H3. The van der Waals surface area contributed by atoms with Crippen molar-refractivity contribution in [3.05, 3.63) is 47.6 Å². The second-order valence-electron chi connectivity index (χ2n) is 4.09. The maximum absolute atomic E-state index is 12.3. The molecule has 0 aliphatic carbocycles. The molecule has 0 unspecified atom stereocenters. The summed E-state index contributed by atoms with van der Waals surface area (Å²) in [7, 11) is 1.66. The van der Waals surface area contributed by atoms with Crippen LogP contribution in [0.15, 0.2) is 42.1 Å². The Morgan fingerprint density at radius 3 is 2.90 bits per heavy atom. The van der Waals surface area contributed by atoms with Crippen LogP contribution < -0.4 is 0 Å². The first-order valence-electron chi connectivity index (χ1n) is 6.77. The third kappa shape index (κ3) is 5.73. The van der Waals surface area contributed by atoms with Crippen molar-refractivity contribution in [3.8, 4) is 0 Å². The number of carbonyl (C=O) groups excluding carboxylic acids is 1. The summed E-state index contributed by atoms with van der Waals surface area (Å²) in [6.07, 6.45) is 5.74. The topological polar surface area (TPSA) is 48.4 Å². The van der Waals surface area contributed by atoms with E-state index in [4.69, 9.17) is 9.47 Å². The minimum Gasteiger partial charge on any atom is -0.462 e. The molecule has 0 radical (unpaired) electrons. The minimum absolute atomic E-state index is 0.327. The third-order valence-electron chi connectivity index (χ3n) is 2.60. The smallest absolute Gasteiger partial charge is 0.339 e. The predicted molar refractivity (Wildman–Crippen MR) is 86.9 cm³/mol. The van der Waals surface area contributed by atoms with Crippen LogP contribution in [0.5, 0.6) is 0 Å².